The molecule has 2 aromatic heterocycles. The van der Waals surface area contributed by atoms with Gasteiger partial charge in [0.15, 0.2) is 25.5 Å². The second-order valence-corrected chi connectivity index (χ2v) is 19.3. The molecule has 4 atom stereocenters. The van der Waals surface area contributed by atoms with E-state index >= 15 is 4.79 Å². The summed E-state index contributed by atoms with van der Waals surface area (Å²) in [4.78, 5) is 23.8. The zero-order chi connectivity index (χ0) is 43.6. The number of hydrogen-bond acceptors (Lipinski definition) is 9. The molecule has 0 radical (unpaired) electrons. The molecule has 11 nitrogen and oxygen atoms in total. The van der Waals surface area contributed by atoms with E-state index in [9.17, 15) is 16.8 Å². The van der Waals surface area contributed by atoms with Crippen molar-refractivity contribution in [2.24, 2.45) is 0 Å². The minimum atomic E-state index is -3.55. The number of ether oxygens (including phenoxy) is 2. The molecule has 0 bridgehead atoms. The number of Topliss-reactive ketones (excluding diaryl/α,β-unsaturated/α-hetero) is 1. The normalized spacial score (nSPS) is 13.9. The summed E-state index contributed by atoms with van der Waals surface area (Å²) >= 11 is 0. The minimum Gasteiger partial charge on any atom is -0.495 e. The van der Waals surface area contributed by atoms with Crippen molar-refractivity contribution in [3.8, 4) is 11.5 Å². The van der Waals surface area contributed by atoms with Crippen LogP contribution in [0.15, 0.2) is 168 Å². The highest BCUT2D eigenvalue weighted by Gasteiger charge is 2.43. The fraction of sp³-hybridized carbons (Fsp3) is 0.163. The summed E-state index contributed by atoms with van der Waals surface area (Å²) in [6.07, 6.45) is 6.05. The summed E-state index contributed by atoms with van der Waals surface area (Å²) in [5.41, 5.74) is 5.60. The van der Waals surface area contributed by atoms with E-state index in [1.165, 1.54) is 0 Å². The second kappa shape index (κ2) is 17.3. The molecule has 13 heteroatoms. The Morgan fingerprint density at radius 3 is 1.23 bits per heavy atom. The average Bonchev–Trinajstić information content (AvgIpc) is 3.90. The van der Waals surface area contributed by atoms with Gasteiger partial charge >= 0.3 is 0 Å². The minimum absolute atomic E-state index is 0.141. The maximum absolute atomic E-state index is 16.7. The molecule has 62 heavy (non-hydrogen) atoms. The van der Waals surface area contributed by atoms with Crippen molar-refractivity contribution in [1.29, 1.82) is 0 Å². The molecule has 0 fully saturated rings. The van der Waals surface area contributed by atoms with Crippen molar-refractivity contribution in [1.82, 2.24) is 9.97 Å². The van der Waals surface area contributed by atoms with E-state index in [0.717, 1.165) is 34.3 Å². The van der Waals surface area contributed by atoms with Gasteiger partial charge < -0.3 is 30.1 Å². The number of benzene rings is 6. The number of rotatable bonds is 16. The number of aromatic nitrogens is 2. The van der Waals surface area contributed by atoms with Crippen molar-refractivity contribution in [2.75, 3.05) is 37.4 Å². The summed E-state index contributed by atoms with van der Waals surface area (Å²) in [5.74, 6) is -1.03. The largest absolute Gasteiger partial charge is 0.495 e. The Morgan fingerprint density at radius 2 is 0.855 bits per heavy atom. The van der Waals surface area contributed by atoms with Gasteiger partial charge in [0.1, 0.15) is 11.5 Å². The first-order valence-corrected chi connectivity index (χ1v) is 23.7. The molecule has 8 rings (SSSR count). The quantitative estimate of drug-likeness (QED) is 0.0742. The van der Waals surface area contributed by atoms with Crippen LogP contribution in [0.1, 0.15) is 46.2 Å². The van der Waals surface area contributed by atoms with Gasteiger partial charge in [-0.05, 0) is 82.9 Å². The lowest BCUT2D eigenvalue weighted by molar-refractivity contribution is -0.122. The molecular formula is C49H46N4O7S2. The number of fused-ring (bicyclic) bond motifs is 2. The van der Waals surface area contributed by atoms with Gasteiger partial charge in [-0.2, -0.15) is 0 Å². The monoisotopic (exact) mass is 866 g/mol. The summed E-state index contributed by atoms with van der Waals surface area (Å²) in [6, 6.07) is 42.1. The van der Waals surface area contributed by atoms with E-state index in [4.69, 9.17) is 9.47 Å². The first-order valence-electron chi connectivity index (χ1n) is 19.9. The number of aromatic amines is 2. The molecule has 0 saturated carbocycles. The van der Waals surface area contributed by atoms with E-state index < -0.39 is 43.6 Å². The van der Waals surface area contributed by atoms with Crippen LogP contribution in [0.5, 0.6) is 11.5 Å². The number of methoxy groups -OCH3 is 2. The summed E-state index contributed by atoms with van der Waals surface area (Å²) in [7, 11) is -3.94. The molecular weight excluding hydrogens is 821 g/mol. The third-order valence-corrected chi connectivity index (χ3v) is 13.6. The van der Waals surface area contributed by atoms with Gasteiger partial charge in [0.05, 0.1) is 59.3 Å². The first-order chi connectivity index (χ1) is 29.9. The summed E-state index contributed by atoms with van der Waals surface area (Å²) in [6.45, 7) is 0. The van der Waals surface area contributed by atoms with Crippen LogP contribution in [-0.2, 0) is 24.5 Å². The zero-order valence-corrected chi connectivity index (χ0v) is 36.1. The van der Waals surface area contributed by atoms with Gasteiger partial charge in [0, 0.05) is 46.7 Å². The fourth-order valence-electron chi connectivity index (χ4n) is 8.32. The van der Waals surface area contributed by atoms with Crippen molar-refractivity contribution in [3.05, 3.63) is 180 Å². The highest BCUT2D eigenvalue weighted by molar-refractivity contribution is 7.91. The van der Waals surface area contributed by atoms with Gasteiger partial charge in [-0.25, -0.2) is 16.8 Å². The molecule has 0 aliphatic carbocycles. The predicted molar refractivity (Wildman–Crippen MR) is 245 cm³/mol. The first kappa shape index (κ1) is 41.9. The Balaban J connectivity index is 1.42. The van der Waals surface area contributed by atoms with Crippen LogP contribution in [0.2, 0.25) is 0 Å². The summed E-state index contributed by atoms with van der Waals surface area (Å²) in [5, 5.41) is 9.04. The average molecular weight is 867 g/mol. The third-order valence-electron chi connectivity index (χ3n) is 11.4. The Labute approximate surface area is 361 Å². The number of H-pyrrole nitrogens is 2. The molecule has 0 spiro atoms. The lowest BCUT2D eigenvalue weighted by atomic mass is 9.73. The SMILES string of the molecule is COc1ccccc1NC(c1ccc(S(C)(=O)=O)cc1)C(C(=O)C(c1c[nH]c2ccccc12)C(Nc1ccccc1OC)c1ccc(S(C)(=O)=O)cc1)c1c[nH]c2ccccc12. The van der Waals surface area contributed by atoms with E-state index in [-0.39, 0.29) is 15.6 Å². The van der Waals surface area contributed by atoms with Crippen LogP contribution in [0.4, 0.5) is 11.4 Å². The van der Waals surface area contributed by atoms with E-state index in [2.05, 4.69) is 20.6 Å². The molecule has 4 unspecified atom stereocenters. The Morgan fingerprint density at radius 1 is 0.500 bits per heavy atom. The number of anilines is 2. The third kappa shape index (κ3) is 8.41. The van der Waals surface area contributed by atoms with Gasteiger partial charge in [-0.15, -0.1) is 0 Å². The van der Waals surface area contributed by atoms with Gasteiger partial charge in [-0.1, -0.05) is 84.9 Å². The number of carbonyl (C=O) groups excluding carboxylic acids is 1. The number of carbonyl (C=O) groups is 1. The van der Waals surface area contributed by atoms with Gasteiger partial charge in [0.2, 0.25) is 0 Å². The van der Waals surface area contributed by atoms with Crippen LogP contribution in [0.25, 0.3) is 21.8 Å². The molecule has 0 amide bonds. The smallest absolute Gasteiger partial charge is 0.175 e. The Bertz CT molecular complexity index is 2900. The van der Waals surface area contributed by atoms with E-state index in [0.29, 0.717) is 45.1 Å². The molecule has 0 saturated heterocycles. The molecule has 6 aromatic carbocycles. The van der Waals surface area contributed by atoms with E-state index in [1.807, 2.05) is 109 Å². The van der Waals surface area contributed by atoms with Crippen LogP contribution in [-0.4, -0.2) is 59.3 Å². The molecule has 316 valence electrons. The number of sulfone groups is 2. The lowest BCUT2D eigenvalue weighted by Crippen LogP contribution is -2.34. The maximum atomic E-state index is 16.7. The van der Waals surface area contributed by atoms with Gasteiger partial charge in [0.25, 0.3) is 0 Å². The second-order valence-electron chi connectivity index (χ2n) is 15.3. The van der Waals surface area contributed by atoms with E-state index in [1.54, 1.807) is 62.8 Å². The fourth-order valence-corrected chi connectivity index (χ4v) is 9.58. The molecule has 0 aliphatic heterocycles. The standard InChI is InChI=1S/C49H46N4O7S2/c1-59-43-19-11-9-17-41(43)52-47(31-21-25-33(26-22-31)61(3,55)56)45(37-29-50-39-15-7-5-13-35(37)39)49(54)46(38-30-51-40-16-8-6-14-36(38)40)48(53-42-18-10-12-20-44(42)60-2)32-23-27-34(28-24-32)62(4,57)58/h5-30,45-48,50-53H,1-4H3. The van der Waals surface area contributed by atoms with Gasteiger partial charge in [-0.3, -0.25) is 4.79 Å². The molecule has 8 aromatic rings. The molecule has 0 aliphatic rings. The number of nitrogens with one attached hydrogen (secondary N) is 4. The number of para-hydroxylation sites is 6. The van der Waals surface area contributed by atoms with Crippen LogP contribution < -0.4 is 20.1 Å². The highest BCUT2D eigenvalue weighted by atomic mass is 32.2. The molecule has 4 N–H and O–H groups in total. The van der Waals surface area contributed by atoms with Crippen LogP contribution in [0.3, 0.4) is 0 Å². The van der Waals surface area contributed by atoms with Crippen molar-refractivity contribution in [3.63, 3.8) is 0 Å². The Hall–Kier alpha value is -6.83. The van der Waals surface area contributed by atoms with Crippen molar-refractivity contribution in [2.45, 2.75) is 33.7 Å². The predicted octanol–water partition coefficient (Wildman–Crippen LogP) is 9.62. The zero-order valence-electron chi connectivity index (χ0n) is 34.5. The number of ketones is 1. The lowest BCUT2D eigenvalue weighted by Gasteiger charge is -2.35. The van der Waals surface area contributed by atoms with Crippen LogP contribution in [0, 0.1) is 0 Å². The Kier molecular flexibility index (Phi) is 11.7. The number of hydrogen-bond donors (Lipinski definition) is 4. The topological polar surface area (TPSA) is 159 Å². The van der Waals surface area contributed by atoms with Crippen molar-refractivity contribution >= 4 is 58.6 Å². The van der Waals surface area contributed by atoms with Crippen molar-refractivity contribution < 1.29 is 31.1 Å². The molecule has 2 heterocycles. The maximum Gasteiger partial charge on any atom is 0.175 e. The van der Waals surface area contributed by atoms with Crippen LogP contribution >= 0.6 is 0 Å². The highest BCUT2D eigenvalue weighted by Crippen LogP contribution is 2.48. The summed E-state index contributed by atoms with van der Waals surface area (Å²) < 4.78 is 62.6.